The number of benzene rings is 1. The van der Waals surface area contributed by atoms with E-state index in [1.54, 1.807) is 18.4 Å². The number of halogens is 1. The molecule has 1 heterocycles. The molecule has 0 bridgehead atoms. The molecular weight excluding hydrogens is 187 g/mol. The van der Waals surface area contributed by atoms with Gasteiger partial charge in [-0.2, -0.15) is 0 Å². The summed E-state index contributed by atoms with van der Waals surface area (Å²) < 4.78 is 14.0. The minimum Gasteiger partial charge on any atom is -0.298 e. The molecule has 1 aromatic carbocycles. The van der Waals surface area contributed by atoms with Gasteiger partial charge in [-0.15, -0.1) is 11.3 Å². The van der Waals surface area contributed by atoms with Gasteiger partial charge in [-0.05, 0) is 30.0 Å². The number of hydrogen-bond acceptors (Lipinski definition) is 2. The van der Waals surface area contributed by atoms with Crippen LogP contribution in [0.5, 0.6) is 0 Å². The second-order valence-electron chi connectivity index (χ2n) is 2.87. The zero-order valence-corrected chi connectivity index (χ0v) is 7.82. The molecule has 0 unspecified atom stereocenters. The van der Waals surface area contributed by atoms with E-state index in [-0.39, 0.29) is 5.82 Å². The molecule has 2 aromatic rings. The Morgan fingerprint density at radius 2 is 2.31 bits per heavy atom. The Labute approximate surface area is 78.8 Å². The van der Waals surface area contributed by atoms with Crippen LogP contribution in [0.1, 0.15) is 15.9 Å². The summed E-state index contributed by atoms with van der Waals surface area (Å²) in [5.74, 6) is -0.251. The quantitative estimate of drug-likeness (QED) is 0.637. The van der Waals surface area contributed by atoms with Gasteiger partial charge < -0.3 is 0 Å². The lowest BCUT2D eigenvalue weighted by Gasteiger charge is -2.00. The number of aldehydes is 1. The summed E-state index contributed by atoms with van der Waals surface area (Å²) in [6.07, 6.45) is 0.785. The molecule has 0 spiro atoms. The van der Waals surface area contributed by atoms with Crippen LogP contribution in [0.3, 0.4) is 0 Å². The highest BCUT2D eigenvalue weighted by atomic mass is 32.1. The van der Waals surface area contributed by atoms with Crippen LogP contribution in [-0.4, -0.2) is 6.29 Å². The first-order chi connectivity index (χ1) is 6.24. The van der Waals surface area contributed by atoms with Crippen LogP contribution >= 0.6 is 11.3 Å². The van der Waals surface area contributed by atoms with Crippen LogP contribution in [0, 0.1) is 12.7 Å². The molecule has 0 aliphatic heterocycles. The van der Waals surface area contributed by atoms with E-state index in [9.17, 15) is 9.18 Å². The van der Waals surface area contributed by atoms with Crippen LogP contribution < -0.4 is 0 Å². The SMILES string of the molecule is Cc1cc(F)c2ccsc2c1C=O. The topological polar surface area (TPSA) is 17.1 Å². The van der Waals surface area contributed by atoms with Crippen molar-refractivity contribution in [2.75, 3.05) is 0 Å². The fourth-order valence-electron chi connectivity index (χ4n) is 1.38. The summed E-state index contributed by atoms with van der Waals surface area (Å²) in [5, 5.41) is 2.33. The standard InChI is InChI=1S/C10H7FOS/c1-6-4-9(11)7-2-3-13-10(7)8(6)5-12/h2-5H,1H3. The maximum atomic E-state index is 13.3. The molecule has 2 rings (SSSR count). The van der Waals surface area contributed by atoms with Crippen molar-refractivity contribution in [1.29, 1.82) is 0 Å². The van der Waals surface area contributed by atoms with E-state index in [0.717, 1.165) is 11.0 Å². The van der Waals surface area contributed by atoms with Crippen molar-refractivity contribution in [3.8, 4) is 0 Å². The third-order valence-electron chi connectivity index (χ3n) is 2.05. The van der Waals surface area contributed by atoms with Gasteiger partial charge in [0, 0.05) is 15.6 Å². The molecule has 66 valence electrons. The van der Waals surface area contributed by atoms with Crippen molar-refractivity contribution in [2.24, 2.45) is 0 Å². The summed E-state index contributed by atoms with van der Waals surface area (Å²) in [6, 6.07) is 3.10. The Morgan fingerprint density at radius 1 is 1.54 bits per heavy atom. The van der Waals surface area contributed by atoms with Crippen molar-refractivity contribution in [1.82, 2.24) is 0 Å². The van der Waals surface area contributed by atoms with Gasteiger partial charge in [0.15, 0.2) is 6.29 Å². The van der Waals surface area contributed by atoms with Crippen molar-refractivity contribution >= 4 is 27.7 Å². The largest absolute Gasteiger partial charge is 0.298 e. The van der Waals surface area contributed by atoms with Crippen molar-refractivity contribution in [3.63, 3.8) is 0 Å². The van der Waals surface area contributed by atoms with Gasteiger partial charge in [-0.1, -0.05) is 0 Å². The summed E-state index contributed by atoms with van der Waals surface area (Å²) in [4.78, 5) is 10.7. The van der Waals surface area contributed by atoms with Gasteiger partial charge in [0.2, 0.25) is 0 Å². The van der Waals surface area contributed by atoms with Gasteiger partial charge in [-0.3, -0.25) is 4.79 Å². The van der Waals surface area contributed by atoms with Crippen molar-refractivity contribution in [3.05, 3.63) is 34.5 Å². The highest BCUT2D eigenvalue weighted by molar-refractivity contribution is 7.17. The number of hydrogen-bond donors (Lipinski definition) is 0. The second-order valence-corrected chi connectivity index (χ2v) is 3.79. The molecule has 0 atom stereocenters. The van der Waals surface area contributed by atoms with Crippen LogP contribution in [0.2, 0.25) is 0 Å². The predicted molar refractivity (Wildman–Crippen MR) is 51.9 cm³/mol. The average Bonchev–Trinajstić information content (AvgIpc) is 2.53. The maximum absolute atomic E-state index is 13.3. The Hall–Kier alpha value is -1.22. The molecule has 0 amide bonds. The molecule has 0 aliphatic rings. The number of thiophene rings is 1. The first kappa shape index (κ1) is 8.38. The van der Waals surface area contributed by atoms with E-state index in [0.29, 0.717) is 16.5 Å². The van der Waals surface area contributed by atoms with Crippen LogP contribution in [0.25, 0.3) is 10.1 Å². The summed E-state index contributed by atoms with van der Waals surface area (Å²) >= 11 is 1.40. The fraction of sp³-hybridized carbons (Fsp3) is 0.100. The lowest BCUT2D eigenvalue weighted by Crippen LogP contribution is -1.88. The number of rotatable bonds is 1. The molecule has 0 aliphatic carbocycles. The second kappa shape index (κ2) is 2.92. The zero-order valence-electron chi connectivity index (χ0n) is 7.00. The number of aryl methyl sites for hydroxylation is 1. The smallest absolute Gasteiger partial charge is 0.151 e. The molecule has 3 heteroatoms. The van der Waals surface area contributed by atoms with Crippen LogP contribution in [0.15, 0.2) is 17.5 Å². The number of carbonyl (C=O) groups excluding carboxylic acids is 1. The molecular formula is C10H7FOS. The molecule has 0 saturated carbocycles. The zero-order chi connectivity index (χ0) is 9.42. The first-order valence-electron chi connectivity index (χ1n) is 3.85. The Kier molecular flexibility index (Phi) is 1.88. The Bertz CT molecular complexity index is 473. The van der Waals surface area contributed by atoms with E-state index in [4.69, 9.17) is 0 Å². The van der Waals surface area contributed by atoms with Crippen LogP contribution in [0.4, 0.5) is 4.39 Å². The molecule has 1 nitrogen and oxygen atoms in total. The average molecular weight is 194 g/mol. The monoisotopic (exact) mass is 194 g/mol. The fourth-order valence-corrected chi connectivity index (χ4v) is 2.35. The highest BCUT2D eigenvalue weighted by Gasteiger charge is 2.09. The van der Waals surface area contributed by atoms with Crippen molar-refractivity contribution < 1.29 is 9.18 Å². The molecule has 0 saturated heterocycles. The van der Waals surface area contributed by atoms with E-state index in [2.05, 4.69) is 0 Å². The van der Waals surface area contributed by atoms with Gasteiger partial charge in [-0.25, -0.2) is 4.39 Å². The van der Waals surface area contributed by atoms with Crippen molar-refractivity contribution in [2.45, 2.75) is 6.92 Å². The maximum Gasteiger partial charge on any atom is 0.151 e. The highest BCUT2D eigenvalue weighted by Crippen LogP contribution is 2.28. The van der Waals surface area contributed by atoms with Gasteiger partial charge in [0.25, 0.3) is 0 Å². The van der Waals surface area contributed by atoms with E-state index in [1.165, 1.54) is 17.4 Å². The normalized spacial score (nSPS) is 10.6. The van der Waals surface area contributed by atoms with Gasteiger partial charge >= 0.3 is 0 Å². The minimum absolute atomic E-state index is 0.251. The molecule has 0 N–H and O–H groups in total. The number of fused-ring (bicyclic) bond motifs is 1. The first-order valence-corrected chi connectivity index (χ1v) is 4.73. The predicted octanol–water partition coefficient (Wildman–Crippen LogP) is 3.16. The Morgan fingerprint density at radius 3 is 3.00 bits per heavy atom. The van der Waals surface area contributed by atoms with Crippen LogP contribution in [-0.2, 0) is 0 Å². The molecule has 13 heavy (non-hydrogen) atoms. The van der Waals surface area contributed by atoms with E-state index in [1.807, 2.05) is 0 Å². The minimum atomic E-state index is -0.251. The summed E-state index contributed by atoms with van der Waals surface area (Å²) in [7, 11) is 0. The number of carbonyl (C=O) groups is 1. The molecule has 0 radical (unpaired) electrons. The van der Waals surface area contributed by atoms with E-state index >= 15 is 0 Å². The molecule has 0 fully saturated rings. The van der Waals surface area contributed by atoms with Gasteiger partial charge in [0.05, 0.1) is 0 Å². The lowest BCUT2D eigenvalue weighted by molar-refractivity contribution is 0.112. The molecule has 1 aromatic heterocycles. The van der Waals surface area contributed by atoms with Gasteiger partial charge in [0.1, 0.15) is 5.82 Å². The van der Waals surface area contributed by atoms with E-state index < -0.39 is 0 Å². The Balaban J connectivity index is 2.96. The third kappa shape index (κ3) is 1.16. The summed E-state index contributed by atoms with van der Waals surface area (Å²) in [6.45, 7) is 1.74. The third-order valence-corrected chi connectivity index (χ3v) is 3.00. The summed E-state index contributed by atoms with van der Waals surface area (Å²) in [5.41, 5.74) is 1.30. The lowest BCUT2D eigenvalue weighted by atomic mass is 10.1.